The van der Waals surface area contributed by atoms with E-state index in [1.807, 2.05) is 19.1 Å². The second kappa shape index (κ2) is 5.65. The van der Waals surface area contributed by atoms with Gasteiger partial charge in [-0.2, -0.15) is 0 Å². The highest BCUT2D eigenvalue weighted by atomic mass is 35.5. The minimum atomic E-state index is -0.0894. The van der Waals surface area contributed by atoms with Gasteiger partial charge in [0.15, 0.2) is 0 Å². The highest BCUT2D eigenvalue weighted by molar-refractivity contribution is 6.20. The second-order valence-electron chi connectivity index (χ2n) is 5.65. The average Bonchev–Trinajstić information content (AvgIpc) is 2.76. The number of benzene rings is 1. The molecule has 0 N–H and O–H groups in total. The summed E-state index contributed by atoms with van der Waals surface area (Å²) in [5, 5.41) is -0.0894. The molecule has 0 saturated heterocycles. The minimum absolute atomic E-state index is 0.0894. The molecule has 0 spiro atoms. The molecule has 0 aliphatic heterocycles. The van der Waals surface area contributed by atoms with Gasteiger partial charge in [0.05, 0.1) is 18.0 Å². The standard InChI is InChI=1S/C16H21ClN2O/c1-11(17)16-18-15-13(7-4-8-14(15)20-2)19(16)10-9-12-5-3-6-12/h4,7-8,11-12H,3,5-6,9-10H2,1-2H3. The zero-order chi connectivity index (χ0) is 14.1. The van der Waals surface area contributed by atoms with Gasteiger partial charge in [-0.3, -0.25) is 0 Å². The van der Waals surface area contributed by atoms with Crippen LogP contribution in [-0.2, 0) is 6.54 Å². The first kappa shape index (κ1) is 13.7. The van der Waals surface area contributed by atoms with E-state index in [1.54, 1.807) is 7.11 Å². The van der Waals surface area contributed by atoms with Crippen molar-refractivity contribution >= 4 is 22.6 Å². The predicted molar refractivity (Wildman–Crippen MR) is 82.5 cm³/mol. The van der Waals surface area contributed by atoms with Gasteiger partial charge in [0, 0.05) is 6.54 Å². The summed E-state index contributed by atoms with van der Waals surface area (Å²) >= 11 is 6.31. The molecule has 2 aromatic rings. The van der Waals surface area contributed by atoms with E-state index in [0.717, 1.165) is 35.1 Å². The number of aryl methyl sites for hydroxylation is 1. The molecule has 1 fully saturated rings. The summed E-state index contributed by atoms with van der Waals surface area (Å²) in [5.41, 5.74) is 2.05. The Bertz CT molecular complexity index is 602. The second-order valence-corrected chi connectivity index (χ2v) is 6.31. The van der Waals surface area contributed by atoms with Gasteiger partial charge in [0.1, 0.15) is 17.1 Å². The summed E-state index contributed by atoms with van der Waals surface area (Å²) < 4.78 is 7.69. The number of imidazole rings is 1. The molecule has 1 aliphatic carbocycles. The summed E-state index contributed by atoms with van der Waals surface area (Å²) in [6.45, 7) is 2.98. The van der Waals surface area contributed by atoms with Crippen LogP contribution in [0.2, 0.25) is 0 Å². The summed E-state index contributed by atoms with van der Waals surface area (Å²) in [7, 11) is 1.69. The summed E-state index contributed by atoms with van der Waals surface area (Å²) in [6, 6.07) is 6.08. The minimum Gasteiger partial charge on any atom is -0.494 e. The van der Waals surface area contributed by atoms with Crippen LogP contribution in [0, 0.1) is 5.92 Å². The topological polar surface area (TPSA) is 27.1 Å². The zero-order valence-electron chi connectivity index (χ0n) is 12.1. The van der Waals surface area contributed by atoms with E-state index in [-0.39, 0.29) is 5.38 Å². The van der Waals surface area contributed by atoms with E-state index in [9.17, 15) is 0 Å². The number of aromatic nitrogens is 2. The Labute approximate surface area is 124 Å². The number of ether oxygens (including phenoxy) is 1. The van der Waals surface area contributed by atoms with Crippen LogP contribution in [0.5, 0.6) is 5.75 Å². The number of methoxy groups -OCH3 is 1. The van der Waals surface area contributed by atoms with Crippen molar-refractivity contribution in [2.45, 2.75) is 44.5 Å². The van der Waals surface area contributed by atoms with Crippen molar-refractivity contribution < 1.29 is 4.74 Å². The molecule has 3 rings (SSSR count). The molecule has 0 bridgehead atoms. The van der Waals surface area contributed by atoms with Crippen molar-refractivity contribution in [3.63, 3.8) is 0 Å². The lowest BCUT2D eigenvalue weighted by Gasteiger charge is -2.25. The first-order valence-corrected chi connectivity index (χ1v) is 7.81. The van der Waals surface area contributed by atoms with Crippen molar-refractivity contribution in [3.8, 4) is 5.75 Å². The number of alkyl halides is 1. The Morgan fingerprint density at radius 3 is 2.85 bits per heavy atom. The lowest BCUT2D eigenvalue weighted by Crippen LogP contribution is -2.15. The van der Waals surface area contributed by atoms with Crippen molar-refractivity contribution in [1.82, 2.24) is 9.55 Å². The molecule has 1 atom stereocenters. The molecule has 20 heavy (non-hydrogen) atoms. The third-order valence-corrected chi connectivity index (χ3v) is 4.53. The molecule has 1 heterocycles. The SMILES string of the molecule is COc1cccc2c1nc(C(C)Cl)n2CCC1CCC1. The first-order valence-electron chi connectivity index (χ1n) is 7.38. The smallest absolute Gasteiger partial charge is 0.146 e. The summed E-state index contributed by atoms with van der Waals surface area (Å²) in [4.78, 5) is 4.71. The first-order chi connectivity index (χ1) is 9.70. The predicted octanol–water partition coefficient (Wildman–Crippen LogP) is 4.53. The van der Waals surface area contributed by atoms with E-state index < -0.39 is 0 Å². The van der Waals surface area contributed by atoms with Gasteiger partial charge in [0.25, 0.3) is 0 Å². The summed E-state index contributed by atoms with van der Waals surface area (Å²) in [5.74, 6) is 2.66. The molecule has 1 aromatic heterocycles. The Morgan fingerprint density at radius 2 is 2.25 bits per heavy atom. The lowest BCUT2D eigenvalue weighted by atomic mass is 9.83. The number of hydrogen-bond acceptors (Lipinski definition) is 2. The van der Waals surface area contributed by atoms with Crippen LogP contribution in [0.15, 0.2) is 18.2 Å². The molecule has 1 saturated carbocycles. The maximum absolute atomic E-state index is 6.31. The quantitative estimate of drug-likeness (QED) is 0.757. The van der Waals surface area contributed by atoms with Gasteiger partial charge in [-0.05, 0) is 31.4 Å². The van der Waals surface area contributed by atoms with Crippen LogP contribution in [0.1, 0.15) is 43.8 Å². The highest BCUT2D eigenvalue weighted by Crippen LogP contribution is 2.33. The van der Waals surface area contributed by atoms with Gasteiger partial charge in [-0.1, -0.05) is 25.3 Å². The van der Waals surface area contributed by atoms with Gasteiger partial charge >= 0.3 is 0 Å². The summed E-state index contributed by atoms with van der Waals surface area (Å²) in [6.07, 6.45) is 5.37. The third kappa shape index (κ3) is 2.39. The van der Waals surface area contributed by atoms with Crippen LogP contribution in [0.4, 0.5) is 0 Å². The Hall–Kier alpha value is -1.22. The highest BCUT2D eigenvalue weighted by Gasteiger charge is 2.21. The van der Waals surface area contributed by atoms with Crippen LogP contribution in [-0.4, -0.2) is 16.7 Å². The molecule has 4 heteroatoms. The number of para-hydroxylation sites is 1. The van der Waals surface area contributed by atoms with Crippen LogP contribution >= 0.6 is 11.6 Å². The van der Waals surface area contributed by atoms with Crippen LogP contribution in [0.25, 0.3) is 11.0 Å². The van der Waals surface area contributed by atoms with E-state index in [4.69, 9.17) is 21.3 Å². The van der Waals surface area contributed by atoms with E-state index in [1.165, 1.54) is 25.7 Å². The van der Waals surface area contributed by atoms with Crippen molar-refractivity contribution in [1.29, 1.82) is 0 Å². The molecular formula is C16H21ClN2O. The lowest BCUT2D eigenvalue weighted by molar-refractivity contribution is 0.282. The molecule has 1 aromatic carbocycles. The molecular weight excluding hydrogens is 272 g/mol. The van der Waals surface area contributed by atoms with Crippen molar-refractivity contribution in [2.24, 2.45) is 5.92 Å². The molecule has 1 unspecified atom stereocenters. The van der Waals surface area contributed by atoms with Gasteiger partial charge < -0.3 is 9.30 Å². The molecule has 0 amide bonds. The van der Waals surface area contributed by atoms with Crippen LogP contribution < -0.4 is 4.74 Å². The zero-order valence-corrected chi connectivity index (χ0v) is 12.9. The fraction of sp³-hybridized carbons (Fsp3) is 0.562. The normalized spacial score (nSPS) is 17.1. The van der Waals surface area contributed by atoms with Crippen molar-refractivity contribution in [3.05, 3.63) is 24.0 Å². The molecule has 3 nitrogen and oxygen atoms in total. The fourth-order valence-corrected chi connectivity index (χ4v) is 3.10. The Morgan fingerprint density at radius 1 is 1.45 bits per heavy atom. The number of nitrogens with zero attached hydrogens (tertiary/aromatic N) is 2. The third-order valence-electron chi connectivity index (χ3n) is 4.33. The molecule has 108 valence electrons. The number of halogens is 1. The fourth-order valence-electron chi connectivity index (χ4n) is 2.94. The molecule has 0 radical (unpaired) electrons. The number of fused-ring (bicyclic) bond motifs is 1. The van der Waals surface area contributed by atoms with E-state index in [2.05, 4.69) is 10.6 Å². The van der Waals surface area contributed by atoms with Gasteiger partial charge in [-0.15, -0.1) is 11.6 Å². The van der Waals surface area contributed by atoms with Gasteiger partial charge in [-0.25, -0.2) is 4.98 Å². The Kier molecular flexibility index (Phi) is 3.88. The average molecular weight is 293 g/mol. The maximum atomic E-state index is 6.31. The monoisotopic (exact) mass is 292 g/mol. The number of hydrogen-bond donors (Lipinski definition) is 0. The maximum Gasteiger partial charge on any atom is 0.146 e. The van der Waals surface area contributed by atoms with E-state index in [0.29, 0.717) is 0 Å². The largest absolute Gasteiger partial charge is 0.494 e. The van der Waals surface area contributed by atoms with Crippen LogP contribution in [0.3, 0.4) is 0 Å². The van der Waals surface area contributed by atoms with E-state index >= 15 is 0 Å². The van der Waals surface area contributed by atoms with Crippen molar-refractivity contribution in [2.75, 3.05) is 7.11 Å². The van der Waals surface area contributed by atoms with Gasteiger partial charge in [0.2, 0.25) is 0 Å². The number of rotatable bonds is 5. The molecule has 1 aliphatic rings. The Balaban J connectivity index is 1.99.